The van der Waals surface area contributed by atoms with Gasteiger partial charge in [0, 0.05) is 30.9 Å². The second kappa shape index (κ2) is 12.4. The van der Waals surface area contributed by atoms with Crippen LogP contribution in [0.25, 0.3) is 5.82 Å². The fourth-order valence-corrected chi connectivity index (χ4v) is 6.87. The van der Waals surface area contributed by atoms with Crippen molar-refractivity contribution >= 4 is 77.3 Å². The zero-order valence-electron chi connectivity index (χ0n) is 21.4. The van der Waals surface area contributed by atoms with E-state index in [2.05, 4.69) is 69.3 Å². The van der Waals surface area contributed by atoms with E-state index in [0.29, 0.717) is 4.60 Å². The maximum atomic E-state index is 14.0. The minimum atomic E-state index is -1.22. The van der Waals surface area contributed by atoms with Gasteiger partial charge in [0.2, 0.25) is 0 Å². The molecule has 39 heavy (non-hydrogen) atoms. The molecule has 0 saturated carbocycles. The quantitative estimate of drug-likeness (QED) is 0.332. The highest BCUT2D eigenvalue weighted by Gasteiger charge is 2.50. The summed E-state index contributed by atoms with van der Waals surface area (Å²) >= 11 is 16.7. The largest absolute Gasteiger partial charge is 0.452 e. The molecule has 0 radical (unpaired) electrons. The van der Waals surface area contributed by atoms with Gasteiger partial charge in [-0.2, -0.15) is 10.4 Å². The van der Waals surface area contributed by atoms with Gasteiger partial charge in [-0.1, -0.05) is 43.5 Å². The molecule has 3 rings (SSSR count). The van der Waals surface area contributed by atoms with E-state index in [1.807, 2.05) is 0 Å². The number of aromatic nitrogens is 3. The minimum Gasteiger partial charge on any atom is -0.452 e. The van der Waals surface area contributed by atoms with Gasteiger partial charge in [-0.3, -0.25) is 9.59 Å². The molecule has 208 valence electrons. The molecule has 1 aliphatic rings. The molecule has 1 N–H and O–H groups in total. The first-order chi connectivity index (χ1) is 18.3. The molecule has 3 atom stereocenters. The van der Waals surface area contributed by atoms with E-state index >= 15 is 0 Å². The van der Waals surface area contributed by atoms with Crippen LogP contribution in [0.2, 0.25) is 5.02 Å². The number of carbonyl (C=O) groups excluding carboxylic acids is 3. The first kappa shape index (κ1) is 31.1. The van der Waals surface area contributed by atoms with Gasteiger partial charge in [0.05, 0.1) is 28.6 Å². The lowest BCUT2D eigenvalue weighted by molar-refractivity contribution is -0.141. The predicted molar refractivity (Wildman–Crippen MR) is 155 cm³/mol. The van der Waals surface area contributed by atoms with Gasteiger partial charge in [0.15, 0.2) is 5.82 Å². The molecular weight excluding hydrogens is 725 g/mol. The second-order valence-electron chi connectivity index (χ2n) is 8.71. The molecule has 2 aromatic heterocycles. The number of hydrazine groups is 1. The van der Waals surface area contributed by atoms with Crippen molar-refractivity contribution in [1.82, 2.24) is 30.1 Å². The van der Waals surface area contributed by atoms with Crippen molar-refractivity contribution < 1.29 is 19.1 Å². The lowest BCUT2D eigenvalue weighted by Gasteiger charge is -2.43. The predicted octanol–water partition coefficient (Wildman–Crippen LogP) is 4.77. The number of hydrogen-bond donors (Lipinski definition) is 1. The Morgan fingerprint density at radius 3 is 2.54 bits per heavy atom. The lowest BCUT2D eigenvalue weighted by atomic mass is 9.79. The number of halogens is 4. The van der Waals surface area contributed by atoms with Gasteiger partial charge in [0.1, 0.15) is 14.6 Å². The maximum absolute atomic E-state index is 14.0. The second-order valence-corrected chi connectivity index (χ2v) is 13.2. The highest BCUT2D eigenvalue weighted by atomic mass is 79.9. The summed E-state index contributed by atoms with van der Waals surface area (Å²) in [5.41, 5.74) is 0.197. The van der Waals surface area contributed by atoms with Crippen molar-refractivity contribution in [2.75, 3.05) is 20.2 Å². The molecule has 0 aromatic carbocycles. The zero-order chi connectivity index (χ0) is 29.1. The van der Waals surface area contributed by atoms with Crippen molar-refractivity contribution in [3.63, 3.8) is 0 Å². The molecular formula is C24H25Br3ClN7O4. The molecule has 2 aromatic rings. The number of alkyl halides is 2. The average Bonchev–Trinajstić information content (AvgIpc) is 3.29. The Kier molecular flexibility index (Phi) is 9.85. The van der Waals surface area contributed by atoms with Crippen LogP contribution in [0, 0.1) is 11.3 Å². The lowest BCUT2D eigenvalue weighted by Crippen LogP contribution is -2.59. The first-order valence-corrected chi connectivity index (χ1v) is 14.4. The van der Waals surface area contributed by atoms with Crippen LogP contribution >= 0.6 is 59.4 Å². The third kappa shape index (κ3) is 6.48. The van der Waals surface area contributed by atoms with Gasteiger partial charge in [-0.25, -0.2) is 24.5 Å². The molecule has 0 aliphatic heterocycles. The van der Waals surface area contributed by atoms with Crippen molar-refractivity contribution in [3.05, 3.63) is 51.4 Å². The van der Waals surface area contributed by atoms with Crippen LogP contribution in [0.15, 0.2) is 40.6 Å². The van der Waals surface area contributed by atoms with E-state index in [-0.39, 0.29) is 41.6 Å². The molecule has 2 heterocycles. The minimum absolute atomic E-state index is 0.0950. The number of amides is 3. The van der Waals surface area contributed by atoms with Crippen LogP contribution in [0.3, 0.4) is 0 Å². The number of likely N-dealkylation sites (N-methyl/N-ethyl adjacent to an activating group) is 1. The molecule has 3 unspecified atom stereocenters. The highest BCUT2D eigenvalue weighted by Crippen LogP contribution is 2.45. The summed E-state index contributed by atoms with van der Waals surface area (Å²) in [6.45, 7) is 5.44. The number of hydrogen-bond acceptors (Lipinski definition) is 7. The molecule has 11 nitrogen and oxygen atoms in total. The van der Waals surface area contributed by atoms with E-state index in [9.17, 15) is 19.6 Å². The summed E-state index contributed by atoms with van der Waals surface area (Å²) in [5, 5.41) is 19.8. The monoisotopic (exact) mass is 747 g/mol. The third-order valence-corrected chi connectivity index (χ3v) is 8.08. The Bertz CT molecular complexity index is 1360. The van der Waals surface area contributed by atoms with Gasteiger partial charge >= 0.3 is 6.09 Å². The number of carbonyl (C=O) groups is 3. The van der Waals surface area contributed by atoms with Crippen LogP contribution in [0.4, 0.5) is 4.79 Å². The Balaban J connectivity index is 2.09. The number of methoxy groups -OCH3 is 1. The van der Waals surface area contributed by atoms with Crippen molar-refractivity contribution in [2.45, 2.75) is 41.9 Å². The number of nitriles is 1. The van der Waals surface area contributed by atoms with Crippen molar-refractivity contribution in [3.8, 4) is 11.9 Å². The topological polar surface area (TPSA) is 133 Å². The third-order valence-electron chi connectivity index (χ3n) is 5.97. The summed E-state index contributed by atoms with van der Waals surface area (Å²) in [6, 6.07) is 6.02. The molecule has 0 spiro atoms. The summed E-state index contributed by atoms with van der Waals surface area (Å²) in [4.78, 5) is 44.3. The standard InChI is InChI=1S/C24H25Br3ClN7O4/c1-5-33(34(6-2)22(38)39-4)21(37)14-11-24(27,13-29)12-23(3,26)18(14)31-20(36)16-10-17(25)32-35(16)19-15(28)8-7-9-30-19/h7-11,18H,5-6,12H2,1-4H3,(H,31,36). The summed E-state index contributed by atoms with van der Waals surface area (Å²) in [7, 11) is 1.22. The number of nitrogens with one attached hydrogen (secondary N) is 1. The zero-order valence-corrected chi connectivity index (χ0v) is 26.9. The van der Waals surface area contributed by atoms with Gasteiger partial charge in [0.25, 0.3) is 11.8 Å². The Morgan fingerprint density at radius 1 is 1.31 bits per heavy atom. The van der Waals surface area contributed by atoms with Crippen LogP contribution in [-0.2, 0) is 9.53 Å². The van der Waals surface area contributed by atoms with Crippen LogP contribution < -0.4 is 5.32 Å². The van der Waals surface area contributed by atoms with Gasteiger partial charge < -0.3 is 10.1 Å². The van der Waals surface area contributed by atoms with E-state index < -0.39 is 32.6 Å². The number of pyridine rings is 1. The fourth-order valence-electron chi connectivity index (χ4n) is 4.29. The molecule has 0 fully saturated rings. The highest BCUT2D eigenvalue weighted by molar-refractivity contribution is 9.11. The van der Waals surface area contributed by atoms with Crippen LogP contribution in [-0.4, -0.2) is 77.6 Å². The molecule has 0 saturated heterocycles. The number of rotatable bonds is 6. The number of ether oxygens (including phenoxy) is 1. The number of nitrogens with zero attached hydrogens (tertiary/aromatic N) is 6. The van der Waals surface area contributed by atoms with E-state index in [1.165, 1.54) is 35.1 Å². The van der Waals surface area contributed by atoms with Crippen LogP contribution in [0.1, 0.15) is 37.7 Å². The molecule has 0 bridgehead atoms. The Hall–Kier alpha value is -2.47. The van der Waals surface area contributed by atoms with Gasteiger partial charge in [-0.05, 0) is 61.3 Å². The van der Waals surface area contributed by atoms with Crippen molar-refractivity contribution in [2.24, 2.45) is 0 Å². The first-order valence-electron chi connectivity index (χ1n) is 11.7. The Labute approximate surface area is 255 Å². The molecule has 1 aliphatic carbocycles. The van der Waals surface area contributed by atoms with E-state index in [0.717, 1.165) is 5.01 Å². The SMILES string of the molecule is CCN(C(=O)OC)N(CC)C(=O)C1=CC(Br)(C#N)CC(C)(Br)C1NC(=O)c1cc(Br)nn1-c1ncccc1Cl. The fraction of sp³-hybridized carbons (Fsp3) is 0.417. The van der Waals surface area contributed by atoms with Gasteiger partial charge in [-0.15, -0.1) is 0 Å². The number of allylic oxidation sites excluding steroid dienone is 1. The Morgan fingerprint density at radius 2 is 1.97 bits per heavy atom. The van der Waals surface area contributed by atoms with E-state index in [4.69, 9.17) is 16.3 Å². The molecule has 3 amide bonds. The van der Waals surface area contributed by atoms with E-state index in [1.54, 1.807) is 32.9 Å². The normalized spacial score (nSPS) is 22.3. The summed E-state index contributed by atoms with van der Waals surface area (Å²) in [5.74, 6) is -0.918. The smallest absolute Gasteiger partial charge is 0.428 e. The van der Waals surface area contributed by atoms with Crippen molar-refractivity contribution in [1.29, 1.82) is 5.26 Å². The average molecular weight is 751 g/mol. The summed E-state index contributed by atoms with van der Waals surface area (Å²) in [6.07, 6.45) is 2.47. The maximum Gasteiger partial charge on any atom is 0.428 e. The molecule has 15 heteroatoms. The van der Waals surface area contributed by atoms with Crippen LogP contribution in [0.5, 0.6) is 0 Å². The summed E-state index contributed by atoms with van der Waals surface area (Å²) < 4.78 is 4.32.